The van der Waals surface area contributed by atoms with E-state index in [0.29, 0.717) is 16.6 Å². The molecular formula is C14H16FN3OS. The van der Waals surface area contributed by atoms with Gasteiger partial charge in [-0.3, -0.25) is 10.1 Å². The minimum Gasteiger partial charge on any atom is -0.296 e. The van der Waals surface area contributed by atoms with Crippen LogP contribution in [0.15, 0.2) is 24.3 Å². The Bertz CT molecular complexity index is 582. The van der Waals surface area contributed by atoms with Crippen LogP contribution in [0.2, 0.25) is 0 Å². The first-order chi connectivity index (χ1) is 9.60. The predicted molar refractivity (Wildman–Crippen MR) is 77.6 cm³/mol. The number of hydrogen-bond donors (Lipinski definition) is 1. The van der Waals surface area contributed by atoms with Gasteiger partial charge in [0.1, 0.15) is 10.8 Å². The highest BCUT2D eigenvalue weighted by Crippen LogP contribution is 2.26. The first-order valence-corrected chi connectivity index (χ1v) is 7.32. The molecule has 1 aromatic heterocycles. The molecule has 6 heteroatoms. The number of aromatic nitrogens is 2. The van der Waals surface area contributed by atoms with Crippen LogP contribution in [0.3, 0.4) is 0 Å². The Kier molecular flexibility index (Phi) is 4.79. The maximum atomic E-state index is 12.8. The second kappa shape index (κ2) is 6.56. The van der Waals surface area contributed by atoms with Crippen molar-refractivity contribution in [1.82, 2.24) is 10.2 Å². The zero-order valence-corrected chi connectivity index (χ0v) is 12.2. The molecular weight excluding hydrogens is 277 g/mol. The van der Waals surface area contributed by atoms with Gasteiger partial charge in [-0.1, -0.05) is 31.6 Å². The average molecular weight is 293 g/mol. The third kappa shape index (κ3) is 3.60. The summed E-state index contributed by atoms with van der Waals surface area (Å²) < 4.78 is 12.8. The minimum absolute atomic E-state index is 0.309. The van der Waals surface area contributed by atoms with E-state index in [-0.39, 0.29) is 11.7 Å². The van der Waals surface area contributed by atoms with Crippen LogP contribution >= 0.6 is 11.3 Å². The first kappa shape index (κ1) is 14.6. The largest absolute Gasteiger partial charge is 0.296 e. The van der Waals surface area contributed by atoms with Crippen LogP contribution in [-0.2, 0) is 0 Å². The number of carbonyl (C=O) groups excluding carboxylic acids is 1. The Hall–Kier alpha value is -1.82. The molecule has 2 rings (SSSR count). The lowest BCUT2D eigenvalue weighted by Gasteiger charge is -2.03. The van der Waals surface area contributed by atoms with Gasteiger partial charge < -0.3 is 0 Å². The Morgan fingerprint density at radius 2 is 2.05 bits per heavy atom. The van der Waals surface area contributed by atoms with Gasteiger partial charge in [-0.2, -0.15) is 0 Å². The van der Waals surface area contributed by atoms with E-state index >= 15 is 0 Å². The zero-order chi connectivity index (χ0) is 14.5. The molecule has 0 aliphatic rings. The van der Waals surface area contributed by atoms with Crippen molar-refractivity contribution in [3.63, 3.8) is 0 Å². The molecule has 1 atom stereocenters. The van der Waals surface area contributed by atoms with Crippen molar-refractivity contribution in [2.24, 2.45) is 0 Å². The summed E-state index contributed by atoms with van der Waals surface area (Å²) in [6.07, 6.45) is 2.12. The zero-order valence-electron chi connectivity index (χ0n) is 11.4. The van der Waals surface area contributed by atoms with E-state index in [0.717, 1.165) is 17.8 Å². The number of nitrogens with one attached hydrogen (secondary N) is 1. The van der Waals surface area contributed by atoms with Crippen molar-refractivity contribution >= 4 is 22.4 Å². The van der Waals surface area contributed by atoms with Gasteiger partial charge in [0.25, 0.3) is 5.91 Å². The summed E-state index contributed by atoms with van der Waals surface area (Å²) in [6, 6.07) is 5.38. The van der Waals surface area contributed by atoms with Gasteiger partial charge in [-0.15, -0.1) is 10.2 Å². The highest BCUT2D eigenvalue weighted by Gasteiger charge is 2.13. The predicted octanol–water partition coefficient (Wildman–Crippen LogP) is 3.83. The fraction of sp³-hybridized carbons (Fsp3) is 0.357. The monoisotopic (exact) mass is 293 g/mol. The quantitative estimate of drug-likeness (QED) is 0.911. The SMILES string of the molecule is CCC[C@@H](C)c1nnc(NC(=O)c2ccc(F)cc2)s1. The number of rotatable bonds is 5. The summed E-state index contributed by atoms with van der Waals surface area (Å²) in [6.45, 7) is 4.21. The molecule has 0 aliphatic heterocycles. The van der Waals surface area contributed by atoms with Crippen LogP contribution in [0.25, 0.3) is 0 Å². The molecule has 1 N–H and O–H groups in total. The van der Waals surface area contributed by atoms with Crippen molar-refractivity contribution in [3.05, 3.63) is 40.7 Å². The molecule has 2 aromatic rings. The van der Waals surface area contributed by atoms with E-state index < -0.39 is 0 Å². The maximum absolute atomic E-state index is 12.8. The van der Waals surface area contributed by atoms with Crippen molar-refractivity contribution in [2.45, 2.75) is 32.6 Å². The molecule has 0 radical (unpaired) electrons. The van der Waals surface area contributed by atoms with E-state index in [1.807, 2.05) is 0 Å². The molecule has 0 saturated heterocycles. The highest BCUT2D eigenvalue weighted by molar-refractivity contribution is 7.15. The second-order valence-corrected chi connectivity index (χ2v) is 5.61. The summed E-state index contributed by atoms with van der Waals surface area (Å²) >= 11 is 1.38. The molecule has 0 unspecified atom stereocenters. The number of benzene rings is 1. The lowest BCUT2D eigenvalue weighted by molar-refractivity contribution is 0.102. The van der Waals surface area contributed by atoms with Gasteiger partial charge in [-0.05, 0) is 30.7 Å². The molecule has 20 heavy (non-hydrogen) atoms. The summed E-state index contributed by atoms with van der Waals surface area (Å²) in [5.74, 6) is -0.335. The standard InChI is InChI=1S/C14H16FN3OS/c1-3-4-9(2)13-17-18-14(20-13)16-12(19)10-5-7-11(15)8-6-10/h5-9H,3-4H2,1-2H3,(H,16,18,19)/t9-/m1/s1. The number of carbonyl (C=O) groups is 1. The van der Waals surface area contributed by atoms with Gasteiger partial charge in [0.2, 0.25) is 5.13 Å². The van der Waals surface area contributed by atoms with Crippen molar-refractivity contribution in [1.29, 1.82) is 0 Å². The molecule has 1 amide bonds. The minimum atomic E-state index is -0.367. The van der Waals surface area contributed by atoms with Crippen LogP contribution in [0.1, 0.15) is 48.0 Å². The van der Waals surface area contributed by atoms with Crippen LogP contribution in [-0.4, -0.2) is 16.1 Å². The Balaban J connectivity index is 2.03. The summed E-state index contributed by atoms with van der Waals surface area (Å²) in [5.41, 5.74) is 0.393. The third-order valence-corrected chi connectivity index (χ3v) is 3.98. The number of nitrogens with zero attached hydrogens (tertiary/aromatic N) is 2. The molecule has 1 heterocycles. The molecule has 0 fully saturated rings. The van der Waals surface area contributed by atoms with Gasteiger partial charge in [0.15, 0.2) is 0 Å². The fourth-order valence-electron chi connectivity index (χ4n) is 1.81. The van der Waals surface area contributed by atoms with E-state index in [1.54, 1.807) is 0 Å². The number of anilines is 1. The Morgan fingerprint density at radius 1 is 1.35 bits per heavy atom. The molecule has 0 spiro atoms. The van der Waals surface area contributed by atoms with Gasteiger partial charge in [-0.25, -0.2) is 4.39 Å². The smallest absolute Gasteiger partial charge is 0.257 e. The van der Waals surface area contributed by atoms with Gasteiger partial charge in [0, 0.05) is 11.5 Å². The topological polar surface area (TPSA) is 54.9 Å². The highest BCUT2D eigenvalue weighted by atomic mass is 32.1. The summed E-state index contributed by atoms with van der Waals surface area (Å²) in [4.78, 5) is 11.9. The van der Waals surface area contributed by atoms with Crippen molar-refractivity contribution in [2.75, 3.05) is 5.32 Å². The molecule has 0 saturated carbocycles. The summed E-state index contributed by atoms with van der Waals surface area (Å²) in [5, 5.41) is 12.1. The van der Waals surface area contributed by atoms with E-state index in [9.17, 15) is 9.18 Å². The molecule has 106 valence electrons. The maximum Gasteiger partial charge on any atom is 0.257 e. The van der Waals surface area contributed by atoms with E-state index in [4.69, 9.17) is 0 Å². The van der Waals surface area contributed by atoms with Gasteiger partial charge >= 0.3 is 0 Å². The van der Waals surface area contributed by atoms with Crippen molar-refractivity contribution < 1.29 is 9.18 Å². The average Bonchev–Trinajstić information content (AvgIpc) is 2.88. The molecule has 1 aromatic carbocycles. The van der Waals surface area contributed by atoms with E-state index in [2.05, 4.69) is 29.4 Å². The molecule has 4 nitrogen and oxygen atoms in total. The number of amides is 1. The molecule has 0 bridgehead atoms. The third-order valence-electron chi connectivity index (χ3n) is 2.91. The van der Waals surface area contributed by atoms with Crippen LogP contribution < -0.4 is 5.32 Å². The summed E-state index contributed by atoms with van der Waals surface area (Å²) in [7, 11) is 0. The van der Waals surface area contributed by atoms with Crippen LogP contribution in [0, 0.1) is 5.82 Å². The van der Waals surface area contributed by atoms with Crippen LogP contribution in [0.4, 0.5) is 9.52 Å². The van der Waals surface area contributed by atoms with Gasteiger partial charge in [0.05, 0.1) is 0 Å². The Morgan fingerprint density at radius 3 is 2.70 bits per heavy atom. The second-order valence-electron chi connectivity index (χ2n) is 4.60. The van der Waals surface area contributed by atoms with Crippen LogP contribution in [0.5, 0.6) is 0 Å². The first-order valence-electron chi connectivity index (χ1n) is 6.50. The fourth-order valence-corrected chi connectivity index (χ4v) is 2.64. The normalized spacial score (nSPS) is 12.2. The lowest BCUT2D eigenvalue weighted by Crippen LogP contribution is -2.11. The lowest BCUT2D eigenvalue weighted by atomic mass is 10.1. The van der Waals surface area contributed by atoms with E-state index in [1.165, 1.54) is 35.6 Å². The number of halogens is 1. The Labute approximate surface area is 121 Å². The number of hydrogen-bond acceptors (Lipinski definition) is 4. The van der Waals surface area contributed by atoms with Crippen molar-refractivity contribution in [3.8, 4) is 0 Å². The molecule has 0 aliphatic carbocycles.